The van der Waals surface area contributed by atoms with Gasteiger partial charge in [-0.3, -0.25) is 0 Å². The second-order valence-electron chi connectivity index (χ2n) is 4.26. The highest BCUT2D eigenvalue weighted by Gasteiger charge is 2.34. The molecule has 0 radical (unpaired) electrons. The van der Waals surface area contributed by atoms with E-state index in [0.29, 0.717) is 0 Å². The van der Waals surface area contributed by atoms with Gasteiger partial charge in [-0.2, -0.15) is 13.2 Å². The zero-order valence-corrected chi connectivity index (χ0v) is 11.8. The van der Waals surface area contributed by atoms with Gasteiger partial charge in [0, 0.05) is 17.3 Å². The number of rotatable bonds is 1. The summed E-state index contributed by atoms with van der Waals surface area (Å²) in [5.74, 6) is -0.751. The predicted molar refractivity (Wildman–Crippen MR) is 71.1 cm³/mol. The third-order valence-electron chi connectivity index (χ3n) is 2.91. The number of fused-ring (bicyclic) bond motifs is 1. The molecule has 0 aliphatic heterocycles. The number of hydrogen-bond acceptors (Lipinski definition) is 2. The Balaban J connectivity index is 2.35. The van der Waals surface area contributed by atoms with Gasteiger partial charge in [0.05, 0.1) is 5.56 Å². The molecule has 2 aromatic heterocycles. The first-order valence-electron chi connectivity index (χ1n) is 5.74. The van der Waals surface area contributed by atoms with Crippen molar-refractivity contribution in [3.63, 3.8) is 0 Å². The molecule has 1 aromatic carbocycles. The fourth-order valence-electron chi connectivity index (χ4n) is 2.08. The molecule has 0 aliphatic carbocycles. The molecule has 0 aliphatic rings. The van der Waals surface area contributed by atoms with Crippen molar-refractivity contribution in [2.45, 2.75) is 6.18 Å². The Morgan fingerprint density at radius 1 is 1.10 bits per heavy atom. The molecule has 3 rings (SSSR count). The standard InChI is InChI=1S/C13H6BrF4N3/c14-12-19-11-8(2-1-5-21(11)20-12)9-6-7(15)3-4-10(9)13(16,17)18/h1-6H. The first-order valence-corrected chi connectivity index (χ1v) is 6.53. The van der Waals surface area contributed by atoms with Gasteiger partial charge in [-0.05, 0) is 46.3 Å². The van der Waals surface area contributed by atoms with E-state index >= 15 is 0 Å². The number of benzene rings is 1. The minimum Gasteiger partial charge on any atom is -0.219 e. The van der Waals surface area contributed by atoms with Crippen molar-refractivity contribution in [1.82, 2.24) is 14.6 Å². The Morgan fingerprint density at radius 3 is 2.57 bits per heavy atom. The summed E-state index contributed by atoms with van der Waals surface area (Å²) in [5.41, 5.74) is -0.827. The molecule has 0 saturated heterocycles. The number of nitrogens with zero attached hydrogens (tertiary/aromatic N) is 3. The van der Waals surface area contributed by atoms with Crippen molar-refractivity contribution in [2.75, 3.05) is 0 Å². The van der Waals surface area contributed by atoms with Crippen molar-refractivity contribution in [3.8, 4) is 11.1 Å². The maximum atomic E-state index is 13.4. The zero-order valence-electron chi connectivity index (χ0n) is 10.2. The molecule has 0 unspecified atom stereocenters. The van der Waals surface area contributed by atoms with Crippen LogP contribution in [-0.4, -0.2) is 14.6 Å². The van der Waals surface area contributed by atoms with Crippen LogP contribution in [0, 0.1) is 5.82 Å². The third-order valence-corrected chi connectivity index (χ3v) is 3.25. The normalized spacial score (nSPS) is 12.0. The van der Waals surface area contributed by atoms with Gasteiger partial charge in [-0.25, -0.2) is 13.9 Å². The van der Waals surface area contributed by atoms with E-state index in [-0.39, 0.29) is 21.5 Å². The molecule has 0 bridgehead atoms. The zero-order chi connectivity index (χ0) is 15.2. The first-order chi connectivity index (χ1) is 9.86. The molecule has 3 aromatic rings. The molecule has 8 heteroatoms. The molecule has 0 fully saturated rings. The average molecular weight is 360 g/mol. The molecule has 108 valence electrons. The van der Waals surface area contributed by atoms with Crippen molar-refractivity contribution < 1.29 is 17.6 Å². The molecule has 0 N–H and O–H groups in total. The summed E-state index contributed by atoms with van der Waals surface area (Å²) in [5, 5.41) is 3.96. The lowest BCUT2D eigenvalue weighted by atomic mass is 10.00. The van der Waals surface area contributed by atoms with Crippen LogP contribution in [0.4, 0.5) is 17.6 Å². The van der Waals surface area contributed by atoms with E-state index in [9.17, 15) is 17.6 Å². The summed E-state index contributed by atoms with van der Waals surface area (Å²) in [6.07, 6.45) is -3.05. The van der Waals surface area contributed by atoms with Crippen molar-refractivity contribution in [3.05, 3.63) is 52.6 Å². The summed E-state index contributed by atoms with van der Waals surface area (Å²) in [6.45, 7) is 0. The lowest BCUT2D eigenvalue weighted by molar-refractivity contribution is -0.137. The van der Waals surface area contributed by atoms with Crippen LogP contribution in [0.2, 0.25) is 0 Å². The number of aromatic nitrogens is 3. The molecule has 0 amide bonds. The van der Waals surface area contributed by atoms with Gasteiger partial charge in [-0.1, -0.05) is 0 Å². The van der Waals surface area contributed by atoms with Crippen LogP contribution in [0.25, 0.3) is 16.8 Å². The van der Waals surface area contributed by atoms with Crippen molar-refractivity contribution >= 4 is 21.6 Å². The van der Waals surface area contributed by atoms with Gasteiger partial charge in [0.15, 0.2) is 5.65 Å². The summed E-state index contributed by atoms with van der Waals surface area (Å²) in [7, 11) is 0. The number of hydrogen-bond donors (Lipinski definition) is 0. The molecule has 0 spiro atoms. The molecule has 21 heavy (non-hydrogen) atoms. The van der Waals surface area contributed by atoms with Gasteiger partial charge in [0.2, 0.25) is 4.73 Å². The van der Waals surface area contributed by atoms with Crippen LogP contribution in [0.5, 0.6) is 0 Å². The van der Waals surface area contributed by atoms with Crippen LogP contribution < -0.4 is 0 Å². The van der Waals surface area contributed by atoms with E-state index in [2.05, 4.69) is 26.0 Å². The fourth-order valence-corrected chi connectivity index (χ4v) is 2.42. The summed E-state index contributed by atoms with van der Waals surface area (Å²) in [6, 6.07) is 5.32. The van der Waals surface area contributed by atoms with Crippen molar-refractivity contribution in [2.24, 2.45) is 0 Å². The van der Waals surface area contributed by atoms with Crippen LogP contribution in [-0.2, 0) is 6.18 Å². The highest BCUT2D eigenvalue weighted by atomic mass is 79.9. The topological polar surface area (TPSA) is 30.2 Å². The smallest absolute Gasteiger partial charge is 0.219 e. The van der Waals surface area contributed by atoms with Gasteiger partial charge in [0.1, 0.15) is 5.82 Å². The Hall–Kier alpha value is -1.96. The Labute approximate surface area is 124 Å². The largest absolute Gasteiger partial charge is 0.417 e. The van der Waals surface area contributed by atoms with Crippen LogP contribution in [0.3, 0.4) is 0 Å². The molecule has 2 heterocycles. The van der Waals surface area contributed by atoms with Gasteiger partial charge < -0.3 is 0 Å². The molecular formula is C13H6BrF4N3. The van der Waals surface area contributed by atoms with E-state index in [1.165, 1.54) is 16.6 Å². The Morgan fingerprint density at radius 2 is 1.86 bits per heavy atom. The third kappa shape index (κ3) is 2.51. The van der Waals surface area contributed by atoms with Crippen molar-refractivity contribution in [1.29, 1.82) is 0 Å². The maximum Gasteiger partial charge on any atom is 0.417 e. The van der Waals surface area contributed by atoms with Crippen LogP contribution in [0.1, 0.15) is 5.56 Å². The van der Waals surface area contributed by atoms with E-state index < -0.39 is 17.6 Å². The highest BCUT2D eigenvalue weighted by Crippen LogP contribution is 2.38. The monoisotopic (exact) mass is 359 g/mol. The lowest BCUT2D eigenvalue weighted by Crippen LogP contribution is -2.08. The lowest BCUT2D eigenvalue weighted by Gasteiger charge is -2.13. The summed E-state index contributed by atoms with van der Waals surface area (Å²) in [4.78, 5) is 4.02. The quantitative estimate of drug-likeness (QED) is 0.606. The van der Waals surface area contributed by atoms with Crippen LogP contribution in [0.15, 0.2) is 41.3 Å². The molecule has 0 atom stereocenters. The second-order valence-corrected chi connectivity index (χ2v) is 4.97. The maximum absolute atomic E-state index is 13.4. The minimum atomic E-state index is -4.59. The van der Waals surface area contributed by atoms with E-state index in [0.717, 1.165) is 18.2 Å². The van der Waals surface area contributed by atoms with E-state index in [4.69, 9.17) is 0 Å². The molecular weight excluding hydrogens is 354 g/mol. The summed E-state index contributed by atoms with van der Waals surface area (Å²) < 4.78 is 54.3. The molecule has 3 nitrogen and oxygen atoms in total. The number of halogens is 5. The fraction of sp³-hybridized carbons (Fsp3) is 0.0769. The van der Waals surface area contributed by atoms with E-state index in [1.54, 1.807) is 6.20 Å². The van der Waals surface area contributed by atoms with Crippen LogP contribution >= 0.6 is 15.9 Å². The molecule has 0 saturated carbocycles. The van der Waals surface area contributed by atoms with Gasteiger partial charge >= 0.3 is 6.18 Å². The Bertz CT molecular complexity index is 826. The average Bonchev–Trinajstić information content (AvgIpc) is 2.77. The number of pyridine rings is 1. The van der Waals surface area contributed by atoms with E-state index in [1.807, 2.05) is 0 Å². The van der Waals surface area contributed by atoms with Gasteiger partial charge in [-0.15, -0.1) is 5.10 Å². The highest BCUT2D eigenvalue weighted by molar-refractivity contribution is 9.10. The van der Waals surface area contributed by atoms with Gasteiger partial charge in [0.25, 0.3) is 0 Å². The summed E-state index contributed by atoms with van der Waals surface area (Å²) >= 11 is 3.06. The number of alkyl halides is 3. The minimum absolute atomic E-state index is 0.155. The Kier molecular flexibility index (Phi) is 3.20. The predicted octanol–water partition coefficient (Wildman–Crippen LogP) is 4.32. The first kappa shape index (κ1) is 14.0. The second kappa shape index (κ2) is 4.80. The SMILES string of the molecule is Fc1ccc(C(F)(F)F)c(-c2cccn3nc(Br)nc23)c1.